The monoisotopic (exact) mass is 387 g/mol. The number of aromatic amines is 1. The highest BCUT2D eigenvalue weighted by atomic mass is 32.1. The van der Waals surface area contributed by atoms with Crippen molar-refractivity contribution in [2.75, 3.05) is 6.61 Å². The maximum atomic E-state index is 11.5. The zero-order valence-corrected chi connectivity index (χ0v) is 15.0. The van der Waals surface area contributed by atoms with Crippen molar-refractivity contribution in [2.45, 2.75) is 45.3 Å². The van der Waals surface area contributed by atoms with E-state index in [2.05, 4.69) is 10.1 Å². The highest BCUT2D eigenvalue weighted by Gasteiger charge is 2.51. The van der Waals surface area contributed by atoms with E-state index in [1.54, 1.807) is 0 Å². The lowest BCUT2D eigenvalue weighted by Gasteiger charge is -2.23. The molecule has 11 nitrogen and oxygen atoms in total. The third-order valence-corrected chi connectivity index (χ3v) is 3.61. The second-order valence-electron chi connectivity index (χ2n) is 5.40. The zero-order chi connectivity index (χ0) is 19.4. The first-order valence-corrected chi connectivity index (χ1v) is 7.91. The van der Waals surface area contributed by atoms with Gasteiger partial charge in [-0.05, 0) is 12.2 Å². The van der Waals surface area contributed by atoms with Gasteiger partial charge in [0.1, 0.15) is 18.9 Å². The Hall–Kier alpha value is -2.60. The van der Waals surface area contributed by atoms with Crippen LogP contribution in [0.4, 0.5) is 0 Å². The number of hydrogen-bond acceptors (Lipinski definition) is 10. The van der Waals surface area contributed by atoms with E-state index in [9.17, 15) is 19.2 Å². The fraction of sp³-hybridized carbons (Fsp3) is 0.571. The summed E-state index contributed by atoms with van der Waals surface area (Å²) < 4.78 is 22.1. The summed E-state index contributed by atoms with van der Waals surface area (Å²) in [6.07, 6.45) is -3.27. The Labute approximate surface area is 152 Å². The van der Waals surface area contributed by atoms with Gasteiger partial charge in [-0.25, -0.2) is 4.68 Å². The highest BCUT2D eigenvalue weighted by Crippen LogP contribution is 2.33. The number of carbonyl (C=O) groups is 3. The van der Waals surface area contributed by atoms with Gasteiger partial charge < -0.3 is 18.9 Å². The number of rotatable bonds is 5. The van der Waals surface area contributed by atoms with Gasteiger partial charge in [-0.3, -0.25) is 24.2 Å². The molecule has 142 valence electrons. The Morgan fingerprint density at radius 1 is 1.19 bits per heavy atom. The van der Waals surface area contributed by atoms with E-state index in [1.165, 1.54) is 20.8 Å². The molecule has 26 heavy (non-hydrogen) atoms. The van der Waals surface area contributed by atoms with Crippen molar-refractivity contribution in [3.8, 4) is 0 Å². The van der Waals surface area contributed by atoms with Crippen LogP contribution in [0.3, 0.4) is 0 Å². The number of esters is 3. The molecule has 1 fully saturated rings. The average molecular weight is 387 g/mol. The van der Waals surface area contributed by atoms with E-state index in [0.717, 1.165) is 10.9 Å². The van der Waals surface area contributed by atoms with Crippen LogP contribution < -0.4 is 5.56 Å². The smallest absolute Gasteiger partial charge is 0.303 e. The van der Waals surface area contributed by atoms with Crippen molar-refractivity contribution in [1.29, 1.82) is 0 Å². The van der Waals surface area contributed by atoms with Crippen LogP contribution >= 0.6 is 12.2 Å². The Kier molecular flexibility index (Phi) is 6.21. The van der Waals surface area contributed by atoms with Crippen LogP contribution in [0, 0.1) is 4.77 Å². The molecule has 1 aliphatic rings. The SMILES string of the molecule is CC(=O)OCC1OC(n2ncc(=O)[nH]c2=S)C(OC(C)=O)C1OC(C)=O. The van der Waals surface area contributed by atoms with E-state index in [0.29, 0.717) is 0 Å². The fourth-order valence-corrected chi connectivity index (χ4v) is 2.68. The van der Waals surface area contributed by atoms with Gasteiger partial charge in [-0.2, -0.15) is 5.10 Å². The topological polar surface area (TPSA) is 139 Å². The highest BCUT2D eigenvalue weighted by molar-refractivity contribution is 7.71. The van der Waals surface area contributed by atoms with Gasteiger partial charge in [0.15, 0.2) is 23.2 Å². The Bertz CT molecular complexity index is 819. The first-order chi connectivity index (χ1) is 12.2. The van der Waals surface area contributed by atoms with Gasteiger partial charge >= 0.3 is 17.9 Å². The molecule has 0 radical (unpaired) electrons. The van der Waals surface area contributed by atoms with Crippen molar-refractivity contribution in [3.63, 3.8) is 0 Å². The van der Waals surface area contributed by atoms with Crippen molar-refractivity contribution in [2.24, 2.45) is 0 Å². The summed E-state index contributed by atoms with van der Waals surface area (Å²) in [7, 11) is 0. The maximum Gasteiger partial charge on any atom is 0.303 e. The normalized spacial score (nSPS) is 24.7. The summed E-state index contributed by atoms with van der Waals surface area (Å²) in [5, 5.41) is 3.86. The van der Waals surface area contributed by atoms with Crippen LogP contribution in [-0.4, -0.2) is 57.6 Å². The minimum Gasteiger partial charge on any atom is -0.463 e. The number of nitrogens with zero attached hydrogens (tertiary/aromatic N) is 2. The van der Waals surface area contributed by atoms with E-state index >= 15 is 0 Å². The quantitative estimate of drug-likeness (QED) is 0.404. The largest absolute Gasteiger partial charge is 0.463 e. The van der Waals surface area contributed by atoms with Crippen molar-refractivity contribution in [3.05, 3.63) is 21.3 Å². The van der Waals surface area contributed by atoms with Gasteiger partial charge in [-0.1, -0.05) is 0 Å². The first-order valence-electron chi connectivity index (χ1n) is 7.50. The van der Waals surface area contributed by atoms with E-state index in [-0.39, 0.29) is 11.4 Å². The molecule has 4 unspecified atom stereocenters. The van der Waals surface area contributed by atoms with Gasteiger partial charge in [0.2, 0.25) is 0 Å². The lowest BCUT2D eigenvalue weighted by molar-refractivity contribution is -0.166. The molecule has 0 bridgehead atoms. The van der Waals surface area contributed by atoms with Gasteiger partial charge in [0.25, 0.3) is 5.56 Å². The molecule has 1 aromatic heterocycles. The second kappa shape index (κ2) is 8.19. The van der Waals surface area contributed by atoms with Crippen LogP contribution in [0.25, 0.3) is 0 Å². The van der Waals surface area contributed by atoms with Crippen molar-refractivity contribution in [1.82, 2.24) is 14.8 Å². The molecular formula is C14H17N3O8S. The number of ether oxygens (including phenoxy) is 4. The number of nitrogens with one attached hydrogen (secondary N) is 1. The predicted molar refractivity (Wildman–Crippen MR) is 85.3 cm³/mol. The zero-order valence-electron chi connectivity index (χ0n) is 14.2. The molecule has 0 aliphatic carbocycles. The Morgan fingerprint density at radius 3 is 2.35 bits per heavy atom. The molecule has 2 rings (SSSR count). The molecule has 12 heteroatoms. The summed E-state index contributed by atoms with van der Waals surface area (Å²) in [6, 6.07) is 0. The van der Waals surface area contributed by atoms with Crippen LogP contribution in [-0.2, 0) is 33.3 Å². The summed E-state index contributed by atoms with van der Waals surface area (Å²) in [5.41, 5.74) is -0.527. The van der Waals surface area contributed by atoms with E-state index in [1.807, 2.05) is 0 Å². The molecule has 1 N–H and O–H groups in total. The van der Waals surface area contributed by atoms with E-state index in [4.69, 9.17) is 31.2 Å². The molecule has 1 saturated heterocycles. The van der Waals surface area contributed by atoms with Crippen LogP contribution in [0.15, 0.2) is 11.0 Å². The number of aromatic nitrogens is 3. The van der Waals surface area contributed by atoms with E-state index < -0.39 is 48.0 Å². The Morgan fingerprint density at radius 2 is 1.81 bits per heavy atom. The lowest BCUT2D eigenvalue weighted by Crippen LogP contribution is -2.41. The van der Waals surface area contributed by atoms with Crippen LogP contribution in [0.1, 0.15) is 27.0 Å². The van der Waals surface area contributed by atoms with Gasteiger partial charge in [0.05, 0.1) is 0 Å². The van der Waals surface area contributed by atoms with Gasteiger partial charge in [0, 0.05) is 20.8 Å². The molecular weight excluding hydrogens is 370 g/mol. The molecule has 0 saturated carbocycles. The molecule has 1 aromatic rings. The molecule has 0 aromatic carbocycles. The molecule has 0 amide bonds. The number of carbonyl (C=O) groups excluding carboxylic acids is 3. The standard InChI is InChI=1S/C14H17N3O8S/c1-6(18)22-5-9-11(23-7(2)19)12(24-8(3)20)13(25-9)17-14(26)16-10(21)4-15-17/h4,9,11-13H,5H2,1-3H3,(H,16,21,26). The minimum atomic E-state index is -1.12. The summed E-state index contributed by atoms with van der Waals surface area (Å²) in [6.45, 7) is 3.29. The first kappa shape index (κ1) is 19.7. The Balaban J connectivity index is 2.41. The van der Waals surface area contributed by atoms with Gasteiger partial charge in [-0.15, -0.1) is 0 Å². The number of H-pyrrole nitrogens is 1. The average Bonchev–Trinajstić information content (AvgIpc) is 2.82. The maximum absolute atomic E-state index is 11.5. The molecule has 4 atom stereocenters. The summed E-state index contributed by atoms with van der Waals surface area (Å²) >= 11 is 5.05. The third-order valence-electron chi connectivity index (χ3n) is 3.32. The predicted octanol–water partition coefficient (Wildman–Crippen LogP) is -0.375. The van der Waals surface area contributed by atoms with Crippen molar-refractivity contribution >= 4 is 30.1 Å². The number of hydrogen-bond donors (Lipinski definition) is 1. The minimum absolute atomic E-state index is 0.0886. The molecule has 1 aliphatic heterocycles. The molecule has 2 heterocycles. The summed E-state index contributed by atoms with van der Waals surface area (Å²) in [4.78, 5) is 47.7. The molecule has 0 spiro atoms. The van der Waals surface area contributed by atoms with Crippen molar-refractivity contribution < 1.29 is 33.3 Å². The van der Waals surface area contributed by atoms with Crippen LogP contribution in [0.2, 0.25) is 0 Å². The third kappa shape index (κ3) is 4.73. The fourth-order valence-electron chi connectivity index (χ4n) is 2.43. The second-order valence-corrected chi connectivity index (χ2v) is 5.79. The summed E-state index contributed by atoms with van der Waals surface area (Å²) in [5.74, 6) is -1.88. The van der Waals surface area contributed by atoms with Crippen LogP contribution in [0.5, 0.6) is 0 Å². The lowest BCUT2D eigenvalue weighted by atomic mass is 10.1.